The molecule has 0 aliphatic rings. The van der Waals surface area contributed by atoms with Gasteiger partial charge in [-0.25, -0.2) is 12.8 Å². The second kappa shape index (κ2) is 5.29. The largest absolute Gasteiger partial charge is 0.392 e. The highest BCUT2D eigenvalue weighted by atomic mass is 32.2. The number of hydrogen-bond acceptors (Lipinski definition) is 3. The Bertz CT molecular complexity index is 560. The number of benzene rings is 1. The lowest BCUT2D eigenvalue weighted by atomic mass is 10.0. The molecule has 1 aromatic carbocycles. The summed E-state index contributed by atoms with van der Waals surface area (Å²) in [7, 11) is -3.86. The van der Waals surface area contributed by atoms with Crippen molar-refractivity contribution < 1.29 is 12.8 Å². The Morgan fingerprint density at radius 1 is 1.56 bits per heavy atom. The van der Waals surface area contributed by atoms with Crippen molar-refractivity contribution in [3.63, 3.8) is 0 Å². The van der Waals surface area contributed by atoms with Gasteiger partial charge in [-0.15, -0.1) is 0 Å². The zero-order valence-corrected chi connectivity index (χ0v) is 11.7. The zero-order valence-electron chi connectivity index (χ0n) is 10.1. The summed E-state index contributed by atoms with van der Waals surface area (Å²) in [5.74, 6) is -0.619. The maximum Gasteiger partial charge on any atom is 0.241 e. The number of nitrogens with two attached hydrogens (primary N) is 1. The molecule has 0 heterocycles. The van der Waals surface area contributed by atoms with Crippen LogP contribution in [0.25, 0.3) is 0 Å². The van der Waals surface area contributed by atoms with Crippen molar-refractivity contribution in [1.29, 1.82) is 0 Å². The molecule has 1 unspecified atom stereocenters. The molecule has 0 spiro atoms. The van der Waals surface area contributed by atoms with Crippen LogP contribution in [-0.2, 0) is 10.0 Å². The van der Waals surface area contributed by atoms with Crippen molar-refractivity contribution in [3.05, 3.63) is 30.1 Å². The van der Waals surface area contributed by atoms with Crippen LogP contribution in [0.4, 0.5) is 4.39 Å². The summed E-state index contributed by atoms with van der Waals surface area (Å²) >= 11 is 4.85. The van der Waals surface area contributed by atoms with Crippen LogP contribution in [-0.4, -0.2) is 18.9 Å². The fraction of sp³-hybridized carbons (Fsp3) is 0.364. The molecule has 4 nitrogen and oxygen atoms in total. The SMILES string of the molecule is CCC(C)(NS(=O)(=O)c1cccc(F)c1)C(N)=S. The fourth-order valence-electron chi connectivity index (χ4n) is 1.29. The van der Waals surface area contributed by atoms with Crippen molar-refractivity contribution in [2.24, 2.45) is 5.73 Å². The molecule has 100 valence electrons. The van der Waals surface area contributed by atoms with Gasteiger partial charge in [-0.3, -0.25) is 0 Å². The van der Waals surface area contributed by atoms with Gasteiger partial charge in [0.2, 0.25) is 10.0 Å². The third-order valence-electron chi connectivity index (χ3n) is 2.72. The minimum absolute atomic E-state index is 0.0463. The van der Waals surface area contributed by atoms with Crippen LogP contribution in [0.2, 0.25) is 0 Å². The number of rotatable bonds is 5. The lowest BCUT2D eigenvalue weighted by Crippen LogP contribution is -2.53. The van der Waals surface area contributed by atoms with Crippen LogP contribution >= 0.6 is 12.2 Å². The first kappa shape index (κ1) is 15.0. The van der Waals surface area contributed by atoms with Gasteiger partial charge in [0.05, 0.1) is 15.4 Å². The minimum Gasteiger partial charge on any atom is -0.392 e. The van der Waals surface area contributed by atoms with Crippen molar-refractivity contribution in [1.82, 2.24) is 4.72 Å². The molecule has 0 aromatic heterocycles. The summed E-state index contributed by atoms with van der Waals surface area (Å²) in [4.78, 5) is -0.108. The van der Waals surface area contributed by atoms with Gasteiger partial charge in [-0.2, -0.15) is 4.72 Å². The van der Waals surface area contributed by atoms with E-state index < -0.39 is 21.4 Å². The first-order chi connectivity index (χ1) is 8.21. The second-order valence-electron chi connectivity index (χ2n) is 4.11. The van der Waals surface area contributed by atoms with Gasteiger partial charge in [0.1, 0.15) is 5.82 Å². The quantitative estimate of drug-likeness (QED) is 0.807. The standard InChI is InChI=1S/C11H15FN2O2S2/c1-3-11(2,10(13)17)14-18(15,16)9-6-4-5-8(12)7-9/h4-7,14H,3H2,1-2H3,(H2,13,17). The molecule has 0 radical (unpaired) electrons. The average molecular weight is 290 g/mol. The van der Waals surface area contributed by atoms with E-state index in [0.29, 0.717) is 6.42 Å². The van der Waals surface area contributed by atoms with Gasteiger partial charge in [0.25, 0.3) is 0 Å². The maximum absolute atomic E-state index is 13.0. The molecule has 0 fully saturated rings. The highest BCUT2D eigenvalue weighted by molar-refractivity contribution is 7.89. The van der Waals surface area contributed by atoms with E-state index in [4.69, 9.17) is 18.0 Å². The highest BCUT2D eigenvalue weighted by Crippen LogP contribution is 2.17. The number of nitrogens with one attached hydrogen (secondary N) is 1. The third-order valence-corrected chi connectivity index (χ3v) is 4.76. The van der Waals surface area contributed by atoms with E-state index >= 15 is 0 Å². The molecule has 0 saturated heterocycles. The summed E-state index contributed by atoms with van der Waals surface area (Å²) < 4.78 is 39.6. The third kappa shape index (κ3) is 3.24. The smallest absolute Gasteiger partial charge is 0.241 e. The maximum atomic E-state index is 13.0. The average Bonchev–Trinajstić information content (AvgIpc) is 2.28. The molecule has 0 bridgehead atoms. The summed E-state index contributed by atoms with van der Waals surface area (Å²) in [6.07, 6.45) is 0.400. The fourth-order valence-corrected chi connectivity index (χ4v) is 3.04. The minimum atomic E-state index is -3.86. The Hall–Kier alpha value is -1.05. The van der Waals surface area contributed by atoms with Crippen molar-refractivity contribution in [3.8, 4) is 0 Å². The summed E-state index contributed by atoms with van der Waals surface area (Å²) in [6, 6.07) is 4.75. The second-order valence-corrected chi connectivity index (χ2v) is 6.24. The van der Waals surface area contributed by atoms with Gasteiger partial charge < -0.3 is 5.73 Å². The van der Waals surface area contributed by atoms with Crippen molar-refractivity contribution in [2.45, 2.75) is 30.7 Å². The topological polar surface area (TPSA) is 72.2 Å². The molecule has 1 aromatic rings. The van der Waals surface area contributed by atoms with E-state index in [1.165, 1.54) is 18.2 Å². The Morgan fingerprint density at radius 3 is 2.61 bits per heavy atom. The molecule has 7 heteroatoms. The van der Waals surface area contributed by atoms with Gasteiger partial charge in [-0.05, 0) is 31.5 Å². The van der Waals surface area contributed by atoms with Gasteiger partial charge in [0.15, 0.2) is 0 Å². The predicted octanol–water partition coefficient (Wildman–Crippen LogP) is 1.56. The Morgan fingerprint density at radius 2 is 2.17 bits per heavy atom. The summed E-state index contributed by atoms with van der Waals surface area (Å²) in [6.45, 7) is 3.35. The number of halogens is 1. The van der Waals surface area contributed by atoms with Crippen molar-refractivity contribution >= 4 is 27.2 Å². The van der Waals surface area contributed by atoms with E-state index in [1.54, 1.807) is 13.8 Å². The van der Waals surface area contributed by atoms with E-state index in [2.05, 4.69) is 4.72 Å². The van der Waals surface area contributed by atoms with Crippen LogP contribution in [0.5, 0.6) is 0 Å². The lowest BCUT2D eigenvalue weighted by Gasteiger charge is -2.27. The van der Waals surface area contributed by atoms with Crippen LogP contribution in [0, 0.1) is 5.82 Å². The number of hydrogen-bond donors (Lipinski definition) is 2. The van der Waals surface area contributed by atoms with Crippen molar-refractivity contribution in [2.75, 3.05) is 0 Å². The molecule has 0 aliphatic carbocycles. The van der Waals surface area contributed by atoms with Crippen LogP contribution in [0.1, 0.15) is 20.3 Å². The Labute approximate surface area is 111 Å². The Kier molecular flexibility index (Phi) is 4.41. The molecular formula is C11H15FN2O2S2. The summed E-state index contributed by atoms with van der Waals surface area (Å²) in [5, 5.41) is 0. The summed E-state index contributed by atoms with van der Waals surface area (Å²) in [5.41, 5.74) is 4.50. The lowest BCUT2D eigenvalue weighted by molar-refractivity contribution is 0.510. The van der Waals surface area contributed by atoms with Gasteiger partial charge >= 0.3 is 0 Å². The normalized spacial score (nSPS) is 15.1. The van der Waals surface area contributed by atoms with Crippen LogP contribution in [0.3, 0.4) is 0 Å². The van der Waals surface area contributed by atoms with Crippen LogP contribution < -0.4 is 10.5 Å². The van der Waals surface area contributed by atoms with E-state index in [9.17, 15) is 12.8 Å². The van der Waals surface area contributed by atoms with Gasteiger partial charge in [0, 0.05) is 0 Å². The number of thiocarbonyl (C=S) groups is 1. The molecule has 1 atom stereocenters. The zero-order chi connectivity index (χ0) is 14.0. The van der Waals surface area contributed by atoms with Gasteiger partial charge in [-0.1, -0.05) is 25.2 Å². The molecule has 18 heavy (non-hydrogen) atoms. The molecule has 0 aliphatic heterocycles. The van der Waals surface area contributed by atoms with E-state index in [1.807, 2.05) is 0 Å². The first-order valence-corrected chi connectivity index (χ1v) is 7.20. The molecule has 3 N–H and O–H groups in total. The molecular weight excluding hydrogens is 275 g/mol. The van der Waals surface area contributed by atoms with Crippen LogP contribution in [0.15, 0.2) is 29.2 Å². The van der Waals surface area contributed by atoms with E-state index in [0.717, 1.165) is 6.07 Å². The monoisotopic (exact) mass is 290 g/mol. The molecule has 1 rings (SSSR count). The molecule has 0 amide bonds. The highest BCUT2D eigenvalue weighted by Gasteiger charge is 2.31. The first-order valence-electron chi connectivity index (χ1n) is 5.31. The number of sulfonamides is 1. The Balaban J connectivity index is 3.13. The predicted molar refractivity (Wildman–Crippen MR) is 72.2 cm³/mol. The van der Waals surface area contributed by atoms with E-state index in [-0.39, 0.29) is 9.88 Å². The molecule has 0 saturated carbocycles.